The van der Waals surface area contributed by atoms with Crippen molar-refractivity contribution in [2.45, 2.75) is 39.4 Å². The van der Waals surface area contributed by atoms with Crippen LogP contribution in [0.3, 0.4) is 0 Å². The molecule has 4 heteroatoms. The van der Waals surface area contributed by atoms with E-state index in [1.165, 1.54) is 17.7 Å². The lowest BCUT2D eigenvalue weighted by atomic mass is 10.1. The fraction of sp³-hybridized carbons (Fsp3) is 0.625. The second kappa shape index (κ2) is 8.01. The van der Waals surface area contributed by atoms with Gasteiger partial charge in [-0.25, -0.2) is 4.39 Å². The molecule has 0 bridgehead atoms. The van der Waals surface area contributed by atoms with Gasteiger partial charge in [0.25, 0.3) is 0 Å². The molecule has 20 heavy (non-hydrogen) atoms. The second-order valence-electron chi connectivity index (χ2n) is 5.70. The first kappa shape index (κ1) is 15.8. The number of thioether (sulfide) groups is 1. The Morgan fingerprint density at radius 1 is 1.30 bits per heavy atom. The average molecular weight is 296 g/mol. The second-order valence-corrected chi connectivity index (χ2v) is 6.93. The maximum absolute atomic E-state index is 14.0. The maximum Gasteiger partial charge on any atom is 0.127 e. The summed E-state index contributed by atoms with van der Waals surface area (Å²) in [5.74, 6) is 2.32. The Morgan fingerprint density at radius 3 is 2.95 bits per heavy atom. The summed E-state index contributed by atoms with van der Waals surface area (Å²) in [6.45, 7) is 7.95. The van der Waals surface area contributed by atoms with E-state index in [2.05, 4.69) is 24.1 Å². The first-order chi connectivity index (χ1) is 9.65. The highest BCUT2D eigenvalue weighted by Crippen LogP contribution is 2.16. The van der Waals surface area contributed by atoms with Crippen molar-refractivity contribution in [3.8, 4) is 0 Å². The summed E-state index contributed by atoms with van der Waals surface area (Å²) >= 11 is 2.00. The Balaban J connectivity index is 1.99. The molecule has 112 valence electrons. The molecule has 1 heterocycles. The minimum Gasteiger partial charge on any atom is -0.310 e. The summed E-state index contributed by atoms with van der Waals surface area (Å²) in [5, 5.41) is 3.38. The van der Waals surface area contributed by atoms with Crippen LogP contribution in [0, 0.1) is 5.82 Å². The molecule has 0 atom stereocenters. The molecule has 1 N–H and O–H groups in total. The number of halogens is 1. The summed E-state index contributed by atoms with van der Waals surface area (Å²) < 4.78 is 14.0. The summed E-state index contributed by atoms with van der Waals surface area (Å²) in [5.41, 5.74) is 2.00. The molecule has 2 nitrogen and oxygen atoms in total. The van der Waals surface area contributed by atoms with Gasteiger partial charge in [0.1, 0.15) is 5.82 Å². The van der Waals surface area contributed by atoms with Crippen LogP contribution in [0.25, 0.3) is 0 Å². The minimum absolute atomic E-state index is 0.0739. The van der Waals surface area contributed by atoms with Crippen LogP contribution < -0.4 is 5.32 Å². The van der Waals surface area contributed by atoms with Crippen molar-refractivity contribution in [3.63, 3.8) is 0 Å². The predicted octanol–water partition coefficient (Wildman–Crippen LogP) is 3.26. The zero-order chi connectivity index (χ0) is 14.4. The van der Waals surface area contributed by atoms with E-state index >= 15 is 0 Å². The molecule has 2 rings (SSSR count). The van der Waals surface area contributed by atoms with Gasteiger partial charge in [0.2, 0.25) is 0 Å². The van der Waals surface area contributed by atoms with Gasteiger partial charge < -0.3 is 5.32 Å². The summed E-state index contributed by atoms with van der Waals surface area (Å²) in [7, 11) is 0. The molecular weight excluding hydrogens is 271 g/mol. The average Bonchev–Trinajstić information content (AvgIpc) is 2.68. The Labute approximate surface area is 126 Å². The van der Waals surface area contributed by atoms with Crippen molar-refractivity contribution in [3.05, 3.63) is 35.1 Å². The van der Waals surface area contributed by atoms with E-state index in [4.69, 9.17) is 0 Å². The van der Waals surface area contributed by atoms with Gasteiger partial charge in [-0.15, -0.1) is 0 Å². The molecule has 0 aliphatic carbocycles. The van der Waals surface area contributed by atoms with Crippen molar-refractivity contribution in [1.29, 1.82) is 0 Å². The van der Waals surface area contributed by atoms with Gasteiger partial charge in [0.05, 0.1) is 0 Å². The Hall–Kier alpha value is -0.580. The molecular formula is C16H25FN2S. The number of nitrogens with one attached hydrogen (secondary N) is 1. The minimum atomic E-state index is -0.0739. The molecule has 0 saturated carbocycles. The topological polar surface area (TPSA) is 15.3 Å². The van der Waals surface area contributed by atoms with Crippen LogP contribution in [-0.4, -0.2) is 35.5 Å². The zero-order valence-corrected chi connectivity index (χ0v) is 13.3. The van der Waals surface area contributed by atoms with Crippen molar-refractivity contribution in [2.24, 2.45) is 0 Å². The number of rotatable bonds is 5. The van der Waals surface area contributed by atoms with Gasteiger partial charge in [-0.05, 0) is 30.3 Å². The molecule has 1 saturated heterocycles. The molecule has 1 aliphatic heterocycles. The monoisotopic (exact) mass is 296 g/mol. The fourth-order valence-corrected chi connectivity index (χ4v) is 3.30. The van der Waals surface area contributed by atoms with E-state index in [0.29, 0.717) is 6.04 Å². The van der Waals surface area contributed by atoms with E-state index in [-0.39, 0.29) is 5.82 Å². The number of hydrogen-bond acceptors (Lipinski definition) is 3. The zero-order valence-electron chi connectivity index (χ0n) is 12.5. The Bertz CT molecular complexity index is 415. The van der Waals surface area contributed by atoms with Crippen LogP contribution in [0.2, 0.25) is 0 Å². The third-order valence-electron chi connectivity index (χ3n) is 3.53. The summed E-state index contributed by atoms with van der Waals surface area (Å²) in [4.78, 5) is 2.37. The Morgan fingerprint density at radius 2 is 2.15 bits per heavy atom. The highest BCUT2D eigenvalue weighted by Gasteiger charge is 2.12. The molecule has 1 aromatic rings. The summed E-state index contributed by atoms with van der Waals surface area (Å²) in [6.07, 6.45) is 1.21. The molecule has 1 fully saturated rings. The third kappa shape index (κ3) is 5.08. The van der Waals surface area contributed by atoms with Gasteiger partial charge in [0.15, 0.2) is 0 Å². The third-order valence-corrected chi connectivity index (χ3v) is 4.58. The summed E-state index contributed by atoms with van der Waals surface area (Å²) in [6, 6.07) is 5.96. The predicted molar refractivity (Wildman–Crippen MR) is 85.6 cm³/mol. The van der Waals surface area contributed by atoms with Crippen molar-refractivity contribution >= 4 is 11.8 Å². The first-order valence-corrected chi connectivity index (χ1v) is 8.61. The standard InChI is InChI=1S/C16H25FN2S/c1-13(2)18-11-14-4-5-16(17)15(10-14)12-19-6-3-8-20-9-7-19/h4-5,10,13,18H,3,6-9,11-12H2,1-2H3. The van der Waals surface area contributed by atoms with E-state index < -0.39 is 0 Å². The number of hydrogen-bond donors (Lipinski definition) is 1. The highest BCUT2D eigenvalue weighted by atomic mass is 32.2. The lowest BCUT2D eigenvalue weighted by Crippen LogP contribution is -2.26. The molecule has 0 amide bonds. The molecule has 0 aromatic heterocycles. The molecule has 0 unspecified atom stereocenters. The van der Waals surface area contributed by atoms with Gasteiger partial charge in [0, 0.05) is 37.0 Å². The largest absolute Gasteiger partial charge is 0.310 e. The SMILES string of the molecule is CC(C)NCc1ccc(F)c(CN2CCCSCC2)c1. The smallest absolute Gasteiger partial charge is 0.127 e. The van der Waals surface area contributed by atoms with Crippen molar-refractivity contribution in [1.82, 2.24) is 10.2 Å². The van der Waals surface area contributed by atoms with E-state index in [1.807, 2.05) is 23.9 Å². The fourth-order valence-electron chi connectivity index (χ4n) is 2.38. The van der Waals surface area contributed by atoms with Crippen LogP contribution in [0.4, 0.5) is 4.39 Å². The quantitative estimate of drug-likeness (QED) is 0.898. The molecule has 0 spiro atoms. The van der Waals surface area contributed by atoms with E-state index in [9.17, 15) is 4.39 Å². The Kier molecular flexibility index (Phi) is 6.33. The number of benzene rings is 1. The maximum atomic E-state index is 14.0. The molecule has 1 aromatic carbocycles. The van der Waals surface area contributed by atoms with Crippen molar-refractivity contribution in [2.75, 3.05) is 24.6 Å². The van der Waals surface area contributed by atoms with E-state index in [0.717, 1.165) is 37.5 Å². The molecule has 1 aliphatic rings. The van der Waals surface area contributed by atoms with Crippen LogP contribution in [-0.2, 0) is 13.1 Å². The lowest BCUT2D eigenvalue weighted by molar-refractivity contribution is 0.283. The van der Waals surface area contributed by atoms with Gasteiger partial charge in [-0.2, -0.15) is 11.8 Å². The number of nitrogens with zero attached hydrogens (tertiary/aromatic N) is 1. The van der Waals surface area contributed by atoms with Gasteiger partial charge in [-0.3, -0.25) is 4.90 Å². The first-order valence-electron chi connectivity index (χ1n) is 7.46. The van der Waals surface area contributed by atoms with Crippen LogP contribution in [0.1, 0.15) is 31.4 Å². The van der Waals surface area contributed by atoms with Gasteiger partial charge >= 0.3 is 0 Å². The van der Waals surface area contributed by atoms with Crippen LogP contribution >= 0.6 is 11.8 Å². The molecule has 0 radical (unpaired) electrons. The normalized spacial score (nSPS) is 17.4. The highest BCUT2D eigenvalue weighted by molar-refractivity contribution is 7.99. The lowest BCUT2D eigenvalue weighted by Gasteiger charge is -2.20. The van der Waals surface area contributed by atoms with Gasteiger partial charge in [-0.1, -0.05) is 26.0 Å². The van der Waals surface area contributed by atoms with Crippen molar-refractivity contribution < 1.29 is 4.39 Å². The van der Waals surface area contributed by atoms with E-state index in [1.54, 1.807) is 6.07 Å². The van der Waals surface area contributed by atoms with Crippen LogP contribution in [0.15, 0.2) is 18.2 Å². The van der Waals surface area contributed by atoms with Crippen LogP contribution in [0.5, 0.6) is 0 Å².